The number of fused-ring (bicyclic) bond motifs is 12. The molecule has 0 aromatic heterocycles. The molecule has 4 aliphatic carbocycles. The smallest absolute Gasteiger partial charge is 0.0159 e. The second-order valence-corrected chi connectivity index (χ2v) is 21.7. The van der Waals surface area contributed by atoms with Gasteiger partial charge < -0.3 is 0 Å². The Hall–Kier alpha value is -7.02. The topological polar surface area (TPSA) is 0 Å². The standard InChI is InChI=1S/C66H54/c1-63(2)55-15-11-9-13-47(55)49-29-23-43(35-57(49)63)45-25-31-53-51-27-21-41(33-59(51)65(5,6)61(53)37-45)39-17-19-40(20-18-39)42-22-28-52-54-32-26-46(38-62(54)66(7,8)60(52)34-42)44-24-30-50-48-14-10-12-16-56(48)64(3,4)58(50)36-44/h9-38H,1-8H3. The Bertz CT molecular complexity index is 3330. The van der Waals surface area contributed by atoms with E-state index in [1.54, 1.807) is 0 Å². The van der Waals surface area contributed by atoms with Gasteiger partial charge in [-0.1, -0.05) is 201 Å². The zero-order chi connectivity index (χ0) is 45.1. The fourth-order valence-corrected chi connectivity index (χ4v) is 12.8. The average Bonchev–Trinajstić information content (AvgIpc) is 3.90. The molecule has 0 atom stereocenters. The average molecular weight is 847 g/mol. The largest absolute Gasteiger partial charge is 0.0619 e. The number of benzene rings is 9. The molecule has 66 heavy (non-hydrogen) atoms. The first-order valence-corrected chi connectivity index (χ1v) is 23.9. The highest BCUT2D eigenvalue weighted by Gasteiger charge is 2.40. The van der Waals surface area contributed by atoms with Crippen LogP contribution in [0.5, 0.6) is 0 Å². The van der Waals surface area contributed by atoms with Crippen LogP contribution in [0, 0.1) is 0 Å². The lowest BCUT2D eigenvalue weighted by atomic mass is 9.79. The lowest BCUT2D eigenvalue weighted by Crippen LogP contribution is -2.15. The van der Waals surface area contributed by atoms with Crippen molar-refractivity contribution < 1.29 is 0 Å². The molecule has 0 unspecified atom stereocenters. The number of hydrogen-bond donors (Lipinski definition) is 0. The van der Waals surface area contributed by atoms with Gasteiger partial charge in [-0.15, -0.1) is 0 Å². The van der Waals surface area contributed by atoms with Crippen LogP contribution in [-0.4, -0.2) is 0 Å². The van der Waals surface area contributed by atoms with E-state index in [0.29, 0.717) is 0 Å². The van der Waals surface area contributed by atoms with E-state index >= 15 is 0 Å². The van der Waals surface area contributed by atoms with E-state index in [2.05, 4.69) is 237 Å². The Morgan fingerprint density at radius 2 is 0.364 bits per heavy atom. The highest BCUT2D eigenvalue weighted by Crippen LogP contribution is 2.55. The molecule has 0 radical (unpaired) electrons. The van der Waals surface area contributed by atoms with Crippen LogP contribution < -0.4 is 0 Å². The molecule has 0 nitrogen and oxygen atoms in total. The Labute approximate surface area is 390 Å². The van der Waals surface area contributed by atoms with Crippen molar-refractivity contribution in [3.8, 4) is 89.0 Å². The first-order chi connectivity index (χ1) is 31.7. The molecule has 9 aromatic rings. The maximum Gasteiger partial charge on any atom is 0.0159 e. The Kier molecular flexibility index (Phi) is 7.93. The van der Waals surface area contributed by atoms with E-state index in [0.717, 1.165) is 0 Å². The van der Waals surface area contributed by atoms with E-state index in [1.807, 2.05) is 0 Å². The van der Waals surface area contributed by atoms with Gasteiger partial charge >= 0.3 is 0 Å². The van der Waals surface area contributed by atoms with Gasteiger partial charge in [-0.3, -0.25) is 0 Å². The minimum Gasteiger partial charge on any atom is -0.0619 e. The van der Waals surface area contributed by atoms with Crippen molar-refractivity contribution in [2.75, 3.05) is 0 Å². The zero-order valence-electron chi connectivity index (χ0n) is 39.3. The minimum absolute atomic E-state index is 0.0186. The van der Waals surface area contributed by atoms with E-state index in [-0.39, 0.29) is 21.7 Å². The maximum atomic E-state index is 2.46. The van der Waals surface area contributed by atoms with Gasteiger partial charge in [0.05, 0.1) is 0 Å². The van der Waals surface area contributed by atoms with Crippen LogP contribution in [0.1, 0.15) is 99.9 Å². The number of rotatable bonds is 4. The molecule has 13 rings (SSSR count). The van der Waals surface area contributed by atoms with Crippen molar-refractivity contribution in [3.63, 3.8) is 0 Å². The Balaban J connectivity index is 0.768. The third kappa shape index (κ3) is 5.33. The number of hydrogen-bond acceptors (Lipinski definition) is 0. The molecule has 4 aliphatic rings. The highest BCUT2D eigenvalue weighted by atomic mass is 14.4. The molecule has 0 heterocycles. The molecular weight excluding hydrogens is 793 g/mol. The SMILES string of the molecule is CC1(C)c2ccccc2-c2ccc(-c3ccc4c(c3)C(C)(C)c3cc(-c5ccc(-c6ccc7c(c6)C(C)(C)c6cc(-c8ccc9c(c8)C(C)(C)c8ccccc8-9)ccc6-7)cc5)ccc3-4)cc21. The van der Waals surface area contributed by atoms with E-state index in [1.165, 1.54) is 134 Å². The second kappa shape index (κ2) is 13.3. The van der Waals surface area contributed by atoms with Gasteiger partial charge in [-0.05, 0) is 170 Å². The first kappa shape index (κ1) is 39.4. The first-order valence-electron chi connectivity index (χ1n) is 23.9. The molecule has 0 saturated carbocycles. The predicted molar refractivity (Wildman–Crippen MR) is 278 cm³/mol. The summed E-state index contributed by atoms with van der Waals surface area (Å²) < 4.78 is 0. The summed E-state index contributed by atoms with van der Waals surface area (Å²) >= 11 is 0. The quantitative estimate of drug-likeness (QED) is 0.166. The van der Waals surface area contributed by atoms with Crippen molar-refractivity contribution in [2.24, 2.45) is 0 Å². The summed E-state index contributed by atoms with van der Waals surface area (Å²) in [6.07, 6.45) is 0. The van der Waals surface area contributed by atoms with Gasteiger partial charge in [0.2, 0.25) is 0 Å². The molecule has 0 spiro atoms. The van der Waals surface area contributed by atoms with Crippen LogP contribution in [0.15, 0.2) is 182 Å². The summed E-state index contributed by atoms with van der Waals surface area (Å²) in [5, 5.41) is 0. The van der Waals surface area contributed by atoms with Gasteiger partial charge in [0, 0.05) is 21.7 Å². The second-order valence-electron chi connectivity index (χ2n) is 21.7. The van der Waals surface area contributed by atoms with Crippen LogP contribution in [0.4, 0.5) is 0 Å². The van der Waals surface area contributed by atoms with E-state index in [4.69, 9.17) is 0 Å². The van der Waals surface area contributed by atoms with Crippen molar-refractivity contribution in [1.82, 2.24) is 0 Å². The molecule has 0 aliphatic heterocycles. The minimum atomic E-state index is -0.122. The molecule has 0 N–H and O–H groups in total. The fraction of sp³-hybridized carbons (Fsp3) is 0.182. The molecule has 318 valence electrons. The zero-order valence-corrected chi connectivity index (χ0v) is 39.3. The van der Waals surface area contributed by atoms with Crippen LogP contribution in [-0.2, 0) is 21.7 Å². The Morgan fingerprint density at radius 1 is 0.182 bits per heavy atom. The van der Waals surface area contributed by atoms with Gasteiger partial charge in [-0.25, -0.2) is 0 Å². The molecule has 0 bridgehead atoms. The highest BCUT2D eigenvalue weighted by molar-refractivity contribution is 5.90. The lowest BCUT2D eigenvalue weighted by Gasteiger charge is -2.24. The lowest BCUT2D eigenvalue weighted by molar-refractivity contribution is 0.659. The summed E-state index contributed by atoms with van der Waals surface area (Å²) in [6.45, 7) is 19.1. The normalized spacial score (nSPS) is 16.4. The molecule has 0 heteroatoms. The summed E-state index contributed by atoms with van der Waals surface area (Å²) in [7, 11) is 0. The summed E-state index contributed by atoms with van der Waals surface area (Å²) in [5.74, 6) is 0. The molecule has 9 aromatic carbocycles. The fourth-order valence-electron chi connectivity index (χ4n) is 12.8. The van der Waals surface area contributed by atoms with Crippen LogP contribution >= 0.6 is 0 Å². The Morgan fingerprint density at radius 3 is 0.621 bits per heavy atom. The summed E-state index contributed by atoms with van der Waals surface area (Å²) in [6, 6.07) is 69.9. The molecule has 0 fully saturated rings. The van der Waals surface area contributed by atoms with Gasteiger partial charge in [0.15, 0.2) is 0 Å². The van der Waals surface area contributed by atoms with Crippen LogP contribution in [0.2, 0.25) is 0 Å². The monoisotopic (exact) mass is 846 g/mol. The van der Waals surface area contributed by atoms with Gasteiger partial charge in [-0.2, -0.15) is 0 Å². The van der Waals surface area contributed by atoms with E-state index in [9.17, 15) is 0 Å². The van der Waals surface area contributed by atoms with Crippen molar-refractivity contribution in [2.45, 2.75) is 77.0 Å². The third-order valence-corrected chi connectivity index (χ3v) is 16.7. The van der Waals surface area contributed by atoms with Crippen molar-refractivity contribution >= 4 is 0 Å². The van der Waals surface area contributed by atoms with Gasteiger partial charge in [0.25, 0.3) is 0 Å². The summed E-state index contributed by atoms with van der Waals surface area (Å²) in [5.41, 5.74) is 32.1. The predicted octanol–water partition coefficient (Wildman–Crippen LogP) is 17.6. The van der Waals surface area contributed by atoms with Crippen LogP contribution in [0.25, 0.3) is 89.0 Å². The maximum absolute atomic E-state index is 2.46. The molecular formula is C66H54. The van der Waals surface area contributed by atoms with Crippen molar-refractivity contribution in [3.05, 3.63) is 226 Å². The van der Waals surface area contributed by atoms with E-state index < -0.39 is 0 Å². The van der Waals surface area contributed by atoms with Crippen molar-refractivity contribution in [1.29, 1.82) is 0 Å². The van der Waals surface area contributed by atoms with Crippen LogP contribution in [0.3, 0.4) is 0 Å². The summed E-state index contributed by atoms with van der Waals surface area (Å²) in [4.78, 5) is 0. The molecule has 0 amide bonds. The molecule has 0 saturated heterocycles. The van der Waals surface area contributed by atoms with Gasteiger partial charge in [0.1, 0.15) is 0 Å². The third-order valence-electron chi connectivity index (χ3n) is 16.7.